The van der Waals surface area contributed by atoms with Gasteiger partial charge in [0.05, 0.1) is 29.6 Å². The summed E-state index contributed by atoms with van der Waals surface area (Å²) in [7, 11) is 1.60. The van der Waals surface area contributed by atoms with Crippen molar-refractivity contribution in [2.75, 3.05) is 24.3 Å². The first-order valence-corrected chi connectivity index (χ1v) is 16.1. The number of carbonyl (C=O) groups excluding carboxylic acids is 2. The maximum absolute atomic E-state index is 13.6. The summed E-state index contributed by atoms with van der Waals surface area (Å²) < 4.78 is 13.3. The second kappa shape index (κ2) is 11.5. The van der Waals surface area contributed by atoms with Crippen LogP contribution in [0.15, 0.2) is 40.9 Å². The van der Waals surface area contributed by atoms with Crippen molar-refractivity contribution in [3.63, 3.8) is 0 Å². The average Bonchev–Trinajstić information content (AvgIpc) is 3.46. The second-order valence-corrected chi connectivity index (χ2v) is 15.3. The van der Waals surface area contributed by atoms with Gasteiger partial charge in [0, 0.05) is 32.6 Å². The smallest absolute Gasteiger partial charge is 0.410 e. The van der Waals surface area contributed by atoms with Gasteiger partial charge in [-0.05, 0) is 89.9 Å². The molecule has 2 N–H and O–H groups in total. The number of hydrogen-bond acceptors (Lipinski definition) is 8. The van der Waals surface area contributed by atoms with E-state index in [-0.39, 0.29) is 17.5 Å². The maximum atomic E-state index is 13.6. The average molecular weight is 672 g/mol. The van der Waals surface area contributed by atoms with Crippen LogP contribution in [0.25, 0.3) is 20.8 Å². The van der Waals surface area contributed by atoms with E-state index in [1.54, 1.807) is 35.5 Å². The van der Waals surface area contributed by atoms with Crippen LogP contribution in [0.5, 0.6) is 5.75 Å². The molecule has 0 spiro atoms. The van der Waals surface area contributed by atoms with Gasteiger partial charge in [-0.2, -0.15) is 0 Å². The van der Waals surface area contributed by atoms with Crippen LogP contribution in [-0.2, 0) is 17.7 Å². The molecule has 8 nitrogen and oxygen atoms in total. The number of hydrogen-bond donors (Lipinski definition) is 2. The zero-order chi connectivity index (χ0) is 30.4. The van der Waals surface area contributed by atoms with Crippen molar-refractivity contribution in [2.45, 2.75) is 65.6 Å². The normalized spacial score (nSPS) is 13.6. The van der Waals surface area contributed by atoms with E-state index in [4.69, 9.17) is 14.5 Å². The lowest BCUT2D eigenvalue weighted by atomic mass is 10.0. The van der Waals surface area contributed by atoms with Crippen LogP contribution < -0.4 is 15.4 Å². The highest BCUT2D eigenvalue weighted by atomic mass is 79.9. The Bertz CT molecular complexity index is 1670. The predicted molar refractivity (Wildman–Crippen MR) is 175 cm³/mol. The van der Waals surface area contributed by atoms with Gasteiger partial charge in [0.1, 0.15) is 21.4 Å². The lowest BCUT2D eigenvalue weighted by molar-refractivity contribution is 0.0226. The van der Waals surface area contributed by atoms with Crippen LogP contribution in [-0.4, -0.2) is 46.7 Å². The molecule has 2 aromatic heterocycles. The number of halogens is 1. The van der Waals surface area contributed by atoms with Gasteiger partial charge in [0.25, 0.3) is 5.91 Å². The number of benzene rings is 2. The topological polar surface area (TPSA) is 92.8 Å². The maximum Gasteiger partial charge on any atom is 0.410 e. The summed E-state index contributed by atoms with van der Waals surface area (Å²) in [6.07, 6.45) is 0.297. The molecule has 0 bridgehead atoms. The number of thiophene rings is 1. The van der Waals surface area contributed by atoms with Gasteiger partial charge in [-0.3, -0.25) is 4.79 Å². The van der Waals surface area contributed by atoms with Crippen molar-refractivity contribution in [3.8, 4) is 16.3 Å². The zero-order valence-electron chi connectivity index (χ0n) is 24.8. The summed E-state index contributed by atoms with van der Waals surface area (Å²) >= 11 is 6.63. The molecule has 3 heterocycles. The van der Waals surface area contributed by atoms with Gasteiger partial charge in [-0.25, -0.2) is 9.78 Å². The fourth-order valence-corrected chi connectivity index (χ4v) is 7.64. The monoisotopic (exact) mass is 670 g/mol. The standard InChI is InChI=1S/C31H35BrN4O4S2/c1-30(2,3)35-20-10-8-17(14-22(20)39-7)26(37)34-28-25(27-33-21-11-9-18(32)15-23(21)41-27)19-12-13-36(16-24(19)42-28)29(38)40-31(4,5)6/h8-11,14-15,35H,12-13,16H2,1-7H3,(H,34,37). The molecule has 42 heavy (non-hydrogen) atoms. The molecule has 0 unspecified atom stereocenters. The number of carbonyl (C=O) groups is 2. The summed E-state index contributed by atoms with van der Waals surface area (Å²) in [6.45, 7) is 12.7. The molecule has 2 amide bonds. The molecule has 5 rings (SSSR count). The van der Waals surface area contributed by atoms with Crippen molar-refractivity contribution in [1.29, 1.82) is 0 Å². The third-order valence-corrected chi connectivity index (χ3v) is 9.13. The van der Waals surface area contributed by atoms with Crippen molar-refractivity contribution in [1.82, 2.24) is 9.88 Å². The molecular formula is C31H35BrN4O4S2. The summed E-state index contributed by atoms with van der Waals surface area (Å²) in [5, 5.41) is 8.13. The first-order valence-electron chi connectivity index (χ1n) is 13.7. The lowest BCUT2D eigenvalue weighted by Gasteiger charge is -2.30. The Morgan fingerprint density at radius 3 is 2.50 bits per heavy atom. The number of methoxy groups -OCH3 is 1. The van der Waals surface area contributed by atoms with Crippen molar-refractivity contribution in [3.05, 3.63) is 56.9 Å². The van der Waals surface area contributed by atoms with E-state index in [9.17, 15) is 9.59 Å². The molecule has 0 radical (unpaired) electrons. The fourth-order valence-electron chi connectivity index (χ4n) is 4.72. The summed E-state index contributed by atoms with van der Waals surface area (Å²) in [4.78, 5) is 34.2. The first kappa shape index (κ1) is 30.3. The summed E-state index contributed by atoms with van der Waals surface area (Å²) in [5.41, 5.74) is 3.48. The van der Waals surface area contributed by atoms with Crippen LogP contribution in [0.1, 0.15) is 62.3 Å². The van der Waals surface area contributed by atoms with E-state index in [1.165, 1.54) is 11.3 Å². The van der Waals surface area contributed by atoms with Crippen molar-refractivity contribution < 1.29 is 19.1 Å². The third kappa shape index (κ3) is 6.74. The Balaban J connectivity index is 1.51. The summed E-state index contributed by atoms with van der Waals surface area (Å²) in [5.74, 6) is 0.344. The van der Waals surface area contributed by atoms with Gasteiger partial charge in [-0.1, -0.05) is 15.9 Å². The zero-order valence-corrected chi connectivity index (χ0v) is 28.0. The fraction of sp³-hybridized carbons (Fsp3) is 0.387. The number of nitrogens with zero attached hydrogens (tertiary/aromatic N) is 2. The third-order valence-electron chi connectivity index (χ3n) is 6.47. The minimum absolute atomic E-state index is 0.165. The number of amides is 2. The molecule has 0 atom stereocenters. The number of nitrogens with one attached hydrogen (secondary N) is 2. The van der Waals surface area contributed by atoms with Gasteiger partial charge >= 0.3 is 6.09 Å². The van der Waals surface area contributed by atoms with Gasteiger partial charge in [0.2, 0.25) is 0 Å². The molecule has 0 aliphatic carbocycles. The van der Waals surface area contributed by atoms with Crippen molar-refractivity contribution >= 4 is 71.5 Å². The lowest BCUT2D eigenvalue weighted by Crippen LogP contribution is -2.39. The Hall–Kier alpha value is -3.15. The molecule has 2 aromatic carbocycles. The van der Waals surface area contributed by atoms with Crippen molar-refractivity contribution in [2.24, 2.45) is 0 Å². The van der Waals surface area contributed by atoms with E-state index in [1.807, 2.05) is 39.0 Å². The highest BCUT2D eigenvalue weighted by Gasteiger charge is 2.31. The van der Waals surface area contributed by atoms with E-state index in [0.29, 0.717) is 35.8 Å². The van der Waals surface area contributed by atoms with Gasteiger partial charge in [0.15, 0.2) is 0 Å². The van der Waals surface area contributed by atoms with E-state index in [0.717, 1.165) is 41.4 Å². The highest BCUT2D eigenvalue weighted by molar-refractivity contribution is 9.10. The number of rotatable bonds is 5. The Labute approximate surface area is 262 Å². The molecular weight excluding hydrogens is 636 g/mol. The molecule has 222 valence electrons. The second-order valence-electron chi connectivity index (χ2n) is 12.2. The number of ether oxygens (including phenoxy) is 2. The molecule has 0 saturated heterocycles. The number of aromatic nitrogens is 1. The van der Waals surface area contributed by atoms with E-state index < -0.39 is 5.60 Å². The summed E-state index contributed by atoms with van der Waals surface area (Å²) in [6, 6.07) is 11.4. The first-order chi connectivity index (χ1) is 19.7. The minimum Gasteiger partial charge on any atom is -0.495 e. The Kier molecular flexibility index (Phi) is 8.30. The Morgan fingerprint density at radius 2 is 1.81 bits per heavy atom. The number of thiazole rings is 1. The largest absolute Gasteiger partial charge is 0.495 e. The SMILES string of the molecule is COc1cc(C(=O)Nc2sc3c(c2-c2nc4ccc(Br)cc4s2)CCN(C(=O)OC(C)(C)C)C3)ccc1NC(C)(C)C. The van der Waals surface area contributed by atoms with Gasteiger partial charge < -0.3 is 25.0 Å². The van der Waals surface area contributed by atoms with E-state index in [2.05, 4.69) is 53.4 Å². The predicted octanol–water partition coefficient (Wildman–Crippen LogP) is 8.55. The molecule has 0 saturated carbocycles. The molecule has 11 heteroatoms. The van der Waals surface area contributed by atoms with Crippen LogP contribution in [0, 0.1) is 0 Å². The minimum atomic E-state index is -0.578. The van der Waals surface area contributed by atoms with Crippen LogP contribution in [0.2, 0.25) is 0 Å². The molecule has 0 fully saturated rings. The number of anilines is 2. The number of fused-ring (bicyclic) bond motifs is 2. The van der Waals surface area contributed by atoms with E-state index >= 15 is 0 Å². The molecule has 1 aliphatic rings. The van der Waals surface area contributed by atoms with Gasteiger partial charge in [-0.15, -0.1) is 22.7 Å². The molecule has 1 aliphatic heterocycles. The van der Waals surface area contributed by atoms with Crippen LogP contribution in [0.3, 0.4) is 0 Å². The molecule has 4 aromatic rings. The Morgan fingerprint density at radius 1 is 1.05 bits per heavy atom. The van der Waals surface area contributed by atoms with Crippen LogP contribution >= 0.6 is 38.6 Å². The quantitative estimate of drug-likeness (QED) is 0.221. The highest BCUT2D eigenvalue weighted by Crippen LogP contribution is 2.46. The van der Waals surface area contributed by atoms with Crippen LogP contribution in [0.4, 0.5) is 15.5 Å².